The van der Waals surface area contributed by atoms with E-state index in [1.807, 2.05) is 0 Å². The van der Waals surface area contributed by atoms with Gasteiger partial charge in [-0.3, -0.25) is 4.57 Å². The molecule has 0 saturated carbocycles. The van der Waals surface area contributed by atoms with Crippen LogP contribution in [-0.2, 0) is 9.09 Å². The second-order valence-corrected chi connectivity index (χ2v) is 2.09. The molecule has 44 valence electrons. The zero-order valence-corrected chi connectivity index (χ0v) is 5.50. The van der Waals surface area contributed by atoms with Crippen LogP contribution in [0.1, 0.15) is 13.8 Å². The molecule has 0 bridgehead atoms. The van der Waals surface area contributed by atoms with Gasteiger partial charge in [0.05, 0.1) is 0 Å². The van der Waals surface area contributed by atoms with Crippen molar-refractivity contribution in [1.29, 1.82) is 0 Å². The Morgan fingerprint density at radius 1 is 1.71 bits per heavy atom. The fourth-order valence-corrected chi connectivity index (χ4v) is 0.353. The third kappa shape index (κ3) is 6.15. The highest BCUT2D eigenvalue weighted by molar-refractivity contribution is 7.17. The van der Waals surface area contributed by atoms with Gasteiger partial charge in [-0.15, -0.1) is 0 Å². The second kappa shape index (κ2) is 2.46. The summed E-state index contributed by atoms with van der Waals surface area (Å²) < 4.78 is 14.0. The first-order valence-corrected chi connectivity index (χ1v) is 2.84. The summed E-state index contributed by atoms with van der Waals surface area (Å²) in [6.45, 7) is 2.86. The summed E-state index contributed by atoms with van der Waals surface area (Å²) in [6, 6.07) is 0. The lowest BCUT2D eigenvalue weighted by atomic mass is 10.4. The largest absolute Gasteiger partial charge is 0.366 e. The Morgan fingerprint density at radius 3 is 2.14 bits per heavy atom. The van der Waals surface area contributed by atoms with E-state index in [0.717, 1.165) is 0 Å². The maximum Gasteiger partial charge on any atom is 0.182 e. The molecule has 0 amide bonds. The van der Waals surface area contributed by atoms with Crippen LogP contribution >= 0.6 is 8.69 Å². The lowest BCUT2D eigenvalue weighted by Crippen LogP contribution is -2.17. The molecule has 0 aromatic heterocycles. The maximum absolute atomic E-state index is 9.65. The molecule has 3 nitrogen and oxygen atoms in total. The molecule has 0 radical (unpaired) electrons. The predicted molar refractivity (Wildman–Crippen MR) is 27.8 cm³/mol. The highest BCUT2D eigenvalue weighted by Crippen LogP contribution is 2.10. The molecule has 0 aromatic carbocycles. The molecule has 0 aliphatic heterocycles. The lowest BCUT2D eigenvalue weighted by Gasteiger charge is -2.11. The molecule has 0 fully saturated rings. The first-order valence-electron chi connectivity index (χ1n) is 1.90. The van der Waals surface area contributed by atoms with E-state index in [4.69, 9.17) is 5.11 Å². The summed E-state index contributed by atoms with van der Waals surface area (Å²) in [6.07, 6.45) is 0. The van der Waals surface area contributed by atoms with Gasteiger partial charge in [-0.25, -0.2) is 0 Å². The first-order chi connectivity index (χ1) is 3.06. The van der Waals surface area contributed by atoms with Crippen LogP contribution in [0.3, 0.4) is 0 Å². The van der Waals surface area contributed by atoms with Gasteiger partial charge in [-0.05, 0) is 13.8 Å². The Bertz CT molecular complexity index is 65.1. The highest BCUT2D eigenvalue weighted by Gasteiger charge is 2.09. The standard InChI is InChI=1S/C3H9O3P/c1-3(2,4)6-7-5/h4H,7H2,1-2H3. The van der Waals surface area contributed by atoms with E-state index in [-0.39, 0.29) is 0 Å². The van der Waals surface area contributed by atoms with Crippen molar-refractivity contribution >= 4 is 8.69 Å². The van der Waals surface area contributed by atoms with Crippen molar-refractivity contribution in [1.82, 2.24) is 0 Å². The zero-order valence-electron chi connectivity index (χ0n) is 4.34. The predicted octanol–water partition coefficient (Wildman–Crippen LogP) is 0.403. The van der Waals surface area contributed by atoms with Gasteiger partial charge in [-0.1, -0.05) is 0 Å². The summed E-state index contributed by atoms with van der Waals surface area (Å²) in [5.74, 6) is -1.23. The number of hydrogen-bond donors (Lipinski definition) is 1. The van der Waals surface area contributed by atoms with Crippen molar-refractivity contribution in [2.45, 2.75) is 19.6 Å². The topological polar surface area (TPSA) is 46.5 Å². The minimum absolute atomic E-state index is 1.23. The summed E-state index contributed by atoms with van der Waals surface area (Å²) in [5, 5.41) is 8.62. The van der Waals surface area contributed by atoms with Gasteiger partial charge in [0.15, 0.2) is 14.5 Å². The van der Waals surface area contributed by atoms with Crippen molar-refractivity contribution in [3.8, 4) is 0 Å². The molecule has 0 saturated heterocycles. The van der Waals surface area contributed by atoms with Crippen LogP contribution < -0.4 is 0 Å². The first kappa shape index (κ1) is 7.15. The van der Waals surface area contributed by atoms with Crippen molar-refractivity contribution in [2.24, 2.45) is 0 Å². The van der Waals surface area contributed by atoms with Crippen LogP contribution in [0, 0.1) is 0 Å². The van der Waals surface area contributed by atoms with Crippen LogP contribution in [0.2, 0.25) is 0 Å². The van der Waals surface area contributed by atoms with E-state index in [1.54, 1.807) is 0 Å². The summed E-state index contributed by atoms with van der Waals surface area (Å²) in [4.78, 5) is 0. The van der Waals surface area contributed by atoms with E-state index in [0.29, 0.717) is 0 Å². The van der Waals surface area contributed by atoms with Gasteiger partial charge in [-0.2, -0.15) is 0 Å². The van der Waals surface area contributed by atoms with Crippen LogP contribution in [0.4, 0.5) is 0 Å². The van der Waals surface area contributed by atoms with E-state index in [9.17, 15) is 4.57 Å². The lowest BCUT2D eigenvalue weighted by molar-refractivity contribution is -0.0961. The molecule has 0 spiro atoms. The molecule has 0 aromatic rings. The minimum Gasteiger partial charge on any atom is -0.366 e. The number of rotatable bonds is 2. The Morgan fingerprint density at radius 2 is 2.14 bits per heavy atom. The van der Waals surface area contributed by atoms with Crippen LogP contribution in [0.25, 0.3) is 0 Å². The van der Waals surface area contributed by atoms with E-state index >= 15 is 0 Å². The van der Waals surface area contributed by atoms with Crippen molar-refractivity contribution in [3.63, 3.8) is 0 Å². The van der Waals surface area contributed by atoms with Crippen molar-refractivity contribution < 1.29 is 14.2 Å². The van der Waals surface area contributed by atoms with Crippen molar-refractivity contribution in [3.05, 3.63) is 0 Å². The Labute approximate surface area is 43.6 Å². The molecule has 1 atom stereocenters. The third-order valence-corrected chi connectivity index (χ3v) is 1.01. The normalized spacial score (nSPS) is 13.6. The summed E-state index contributed by atoms with van der Waals surface area (Å²) in [5.41, 5.74) is 0. The molecule has 0 aliphatic rings. The Balaban J connectivity index is 3.34. The molecule has 0 heterocycles. The van der Waals surface area contributed by atoms with Crippen molar-refractivity contribution in [2.75, 3.05) is 0 Å². The molecule has 4 heteroatoms. The van der Waals surface area contributed by atoms with E-state index in [2.05, 4.69) is 4.52 Å². The van der Waals surface area contributed by atoms with Gasteiger partial charge in [0.1, 0.15) is 0 Å². The molecule has 0 rings (SSSR count). The highest BCUT2D eigenvalue weighted by atomic mass is 31.1. The Hall–Kier alpha value is 0.150. The van der Waals surface area contributed by atoms with Gasteiger partial charge in [0.2, 0.25) is 0 Å². The van der Waals surface area contributed by atoms with Crippen LogP contribution in [0.5, 0.6) is 0 Å². The third-order valence-electron chi connectivity index (χ3n) is 0.337. The fraction of sp³-hybridized carbons (Fsp3) is 1.00. The molecular weight excluding hydrogens is 115 g/mol. The molecule has 1 N–H and O–H groups in total. The van der Waals surface area contributed by atoms with Crippen LogP contribution in [-0.4, -0.2) is 10.9 Å². The van der Waals surface area contributed by atoms with E-state index < -0.39 is 14.5 Å². The zero-order chi connectivity index (χ0) is 5.91. The van der Waals surface area contributed by atoms with Gasteiger partial charge in [0, 0.05) is 0 Å². The molecule has 7 heavy (non-hydrogen) atoms. The average Bonchev–Trinajstić information content (AvgIpc) is 1.30. The van der Waals surface area contributed by atoms with Crippen LogP contribution in [0.15, 0.2) is 0 Å². The number of aliphatic hydroxyl groups is 1. The van der Waals surface area contributed by atoms with E-state index in [1.165, 1.54) is 13.8 Å². The monoisotopic (exact) mass is 124 g/mol. The number of hydrogen-bond acceptors (Lipinski definition) is 3. The minimum atomic E-state index is -1.29. The summed E-state index contributed by atoms with van der Waals surface area (Å²) >= 11 is 0. The smallest absolute Gasteiger partial charge is 0.182 e. The molecule has 0 aliphatic carbocycles. The van der Waals surface area contributed by atoms with Gasteiger partial charge < -0.3 is 9.63 Å². The molecule has 1 unspecified atom stereocenters. The molecular formula is C3H9O3P. The Kier molecular flexibility index (Phi) is 2.51. The van der Waals surface area contributed by atoms with Gasteiger partial charge in [0.25, 0.3) is 0 Å². The van der Waals surface area contributed by atoms with Gasteiger partial charge >= 0.3 is 0 Å². The quantitative estimate of drug-likeness (QED) is 0.428. The SMILES string of the molecule is CC(C)(O)O[PH2]=O. The second-order valence-electron chi connectivity index (χ2n) is 1.66. The summed E-state index contributed by atoms with van der Waals surface area (Å²) in [7, 11) is -1.29. The fourth-order valence-electron chi connectivity index (χ4n) is 0.118. The maximum atomic E-state index is 9.65. The average molecular weight is 124 g/mol.